The minimum absolute atomic E-state index is 0.489. The lowest BCUT2D eigenvalue weighted by Crippen LogP contribution is -2.46. The summed E-state index contributed by atoms with van der Waals surface area (Å²) < 4.78 is 31.5. The zero-order valence-electron chi connectivity index (χ0n) is 16.6. The highest BCUT2D eigenvalue weighted by atomic mass is 28.4. The second-order valence-electron chi connectivity index (χ2n) is 6.38. The second kappa shape index (κ2) is 16.5. The largest absolute Gasteiger partial charge is 0.501 e. The Morgan fingerprint density at radius 3 is 1.58 bits per heavy atom. The van der Waals surface area contributed by atoms with Crippen LogP contribution in [0.4, 0.5) is 4.39 Å². The monoisotopic (exact) mass is 364 g/mol. The molecule has 0 aromatic heterocycles. The van der Waals surface area contributed by atoms with Gasteiger partial charge in [0, 0.05) is 25.9 Å². The third-order valence-corrected chi connectivity index (χ3v) is 7.31. The molecule has 0 fully saturated rings. The normalized spacial score (nSPS) is 13.4. The first-order valence-electron chi connectivity index (χ1n) is 10.2. The van der Waals surface area contributed by atoms with E-state index < -0.39 is 15.0 Å². The van der Waals surface area contributed by atoms with Crippen molar-refractivity contribution < 1.29 is 17.7 Å². The van der Waals surface area contributed by atoms with Crippen molar-refractivity contribution in [3.63, 3.8) is 0 Å². The Morgan fingerprint density at radius 2 is 1.12 bits per heavy atom. The van der Waals surface area contributed by atoms with Crippen LogP contribution in [0.3, 0.4) is 0 Å². The van der Waals surface area contributed by atoms with Crippen LogP contribution in [0.25, 0.3) is 0 Å². The quantitative estimate of drug-likeness (QED) is 0.211. The Kier molecular flexibility index (Phi) is 16.5. The molecule has 3 nitrogen and oxygen atoms in total. The molecule has 0 radical (unpaired) electrons. The molecule has 1 atom stereocenters. The summed E-state index contributed by atoms with van der Waals surface area (Å²) >= 11 is 0. The summed E-state index contributed by atoms with van der Waals surface area (Å²) in [6.07, 6.45) is 10.4. The first kappa shape index (κ1) is 24.0. The highest BCUT2D eigenvalue weighted by molar-refractivity contribution is 6.60. The van der Waals surface area contributed by atoms with Crippen molar-refractivity contribution >= 4 is 8.80 Å². The van der Waals surface area contributed by atoms with Crippen LogP contribution in [-0.2, 0) is 13.3 Å². The summed E-state index contributed by atoms with van der Waals surface area (Å²) in [6.45, 7) is 9.72. The van der Waals surface area contributed by atoms with Crippen LogP contribution in [0.15, 0.2) is 0 Å². The van der Waals surface area contributed by atoms with Crippen molar-refractivity contribution in [1.29, 1.82) is 0 Å². The van der Waals surface area contributed by atoms with Crippen LogP contribution in [0.2, 0.25) is 6.04 Å². The zero-order valence-corrected chi connectivity index (χ0v) is 17.6. The molecule has 0 aromatic rings. The SMILES string of the molecule is CCCCCCCCCCC(F)CC[Si](OCC)(OCC)OCC. The van der Waals surface area contributed by atoms with Crippen LogP contribution in [0.1, 0.15) is 91.9 Å². The fourth-order valence-electron chi connectivity index (χ4n) is 2.98. The average Bonchev–Trinajstić information content (AvgIpc) is 2.56. The van der Waals surface area contributed by atoms with Crippen molar-refractivity contribution in [3.8, 4) is 0 Å². The molecule has 0 heterocycles. The highest BCUT2D eigenvalue weighted by Gasteiger charge is 2.40. The van der Waals surface area contributed by atoms with Gasteiger partial charge >= 0.3 is 8.80 Å². The zero-order chi connectivity index (χ0) is 18.1. The summed E-state index contributed by atoms with van der Waals surface area (Å²) in [5, 5.41) is 0. The molecular formula is C19H41FO3Si. The smallest absolute Gasteiger partial charge is 0.374 e. The lowest BCUT2D eigenvalue weighted by molar-refractivity contribution is 0.0685. The van der Waals surface area contributed by atoms with E-state index in [1.807, 2.05) is 20.8 Å². The Bertz CT molecular complexity index is 250. The van der Waals surface area contributed by atoms with E-state index in [9.17, 15) is 4.39 Å². The van der Waals surface area contributed by atoms with E-state index in [1.54, 1.807) is 0 Å². The third-order valence-electron chi connectivity index (χ3n) is 4.23. The van der Waals surface area contributed by atoms with Crippen LogP contribution < -0.4 is 0 Å². The highest BCUT2D eigenvalue weighted by Crippen LogP contribution is 2.22. The number of alkyl halides is 1. The number of unbranched alkanes of at least 4 members (excludes halogenated alkanes) is 7. The molecule has 1 unspecified atom stereocenters. The van der Waals surface area contributed by atoms with Crippen LogP contribution in [0, 0.1) is 0 Å². The molecule has 0 aliphatic rings. The van der Waals surface area contributed by atoms with E-state index in [-0.39, 0.29) is 0 Å². The summed E-state index contributed by atoms with van der Waals surface area (Å²) in [4.78, 5) is 0. The van der Waals surface area contributed by atoms with Crippen LogP contribution in [0.5, 0.6) is 0 Å². The van der Waals surface area contributed by atoms with Gasteiger partial charge in [-0.25, -0.2) is 4.39 Å². The van der Waals surface area contributed by atoms with Crippen LogP contribution in [-0.4, -0.2) is 34.8 Å². The number of rotatable bonds is 18. The maximum atomic E-state index is 14.2. The molecule has 0 spiro atoms. The summed E-state index contributed by atoms with van der Waals surface area (Å²) in [5.41, 5.74) is 0. The van der Waals surface area contributed by atoms with Crippen molar-refractivity contribution in [2.24, 2.45) is 0 Å². The summed E-state index contributed by atoms with van der Waals surface area (Å²) in [7, 11) is -2.67. The standard InChI is InChI=1S/C19H41FO3Si/c1-5-9-10-11-12-13-14-15-16-19(20)17-18-24(21-6-2,22-7-3)23-8-4/h19H,5-18H2,1-4H3. The third kappa shape index (κ3) is 12.4. The van der Waals surface area contributed by atoms with Gasteiger partial charge in [0.25, 0.3) is 0 Å². The van der Waals surface area contributed by atoms with E-state index in [2.05, 4.69) is 6.92 Å². The number of hydrogen-bond acceptors (Lipinski definition) is 3. The van der Waals surface area contributed by atoms with Crippen molar-refractivity contribution in [1.82, 2.24) is 0 Å². The molecule has 0 bridgehead atoms. The maximum Gasteiger partial charge on any atom is 0.501 e. The van der Waals surface area contributed by atoms with E-state index in [1.165, 1.54) is 38.5 Å². The van der Waals surface area contributed by atoms with Gasteiger partial charge in [0.2, 0.25) is 0 Å². The van der Waals surface area contributed by atoms with Gasteiger partial charge in [-0.05, 0) is 33.6 Å². The van der Waals surface area contributed by atoms with Gasteiger partial charge in [-0.15, -0.1) is 0 Å². The lowest BCUT2D eigenvalue weighted by atomic mass is 10.1. The molecule has 0 aliphatic carbocycles. The van der Waals surface area contributed by atoms with E-state index in [4.69, 9.17) is 13.3 Å². The first-order chi connectivity index (χ1) is 11.6. The number of halogens is 1. The summed E-state index contributed by atoms with van der Waals surface area (Å²) in [6, 6.07) is 0.584. The fourth-order valence-corrected chi connectivity index (χ4v) is 5.65. The number of hydrogen-bond donors (Lipinski definition) is 0. The molecule has 0 amide bonds. The van der Waals surface area contributed by atoms with Gasteiger partial charge in [0.05, 0.1) is 0 Å². The molecule has 0 aromatic carbocycles. The molecule has 24 heavy (non-hydrogen) atoms. The molecule has 0 saturated carbocycles. The van der Waals surface area contributed by atoms with Crippen molar-refractivity contribution in [3.05, 3.63) is 0 Å². The van der Waals surface area contributed by atoms with Gasteiger partial charge in [0.1, 0.15) is 6.17 Å². The molecule has 0 rings (SSSR count). The maximum absolute atomic E-state index is 14.2. The van der Waals surface area contributed by atoms with Gasteiger partial charge in [-0.3, -0.25) is 0 Å². The predicted octanol–water partition coefficient (Wildman–Crippen LogP) is 6.29. The van der Waals surface area contributed by atoms with Crippen molar-refractivity contribution in [2.45, 2.75) is 104 Å². The van der Waals surface area contributed by atoms with Gasteiger partial charge in [-0.1, -0.05) is 58.3 Å². The fraction of sp³-hybridized carbons (Fsp3) is 1.00. The molecule has 0 N–H and O–H groups in total. The Balaban J connectivity index is 3.88. The van der Waals surface area contributed by atoms with E-state index in [0.29, 0.717) is 38.7 Å². The average molecular weight is 365 g/mol. The minimum Gasteiger partial charge on any atom is -0.374 e. The van der Waals surface area contributed by atoms with E-state index >= 15 is 0 Å². The lowest BCUT2D eigenvalue weighted by Gasteiger charge is -2.28. The molecule has 5 heteroatoms. The van der Waals surface area contributed by atoms with E-state index in [0.717, 1.165) is 12.8 Å². The molecule has 0 aliphatic heterocycles. The topological polar surface area (TPSA) is 27.7 Å². The van der Waals surface area contributed by atoms with Crippen LogP contribution >= 0.6 is 0 Å². The predicted molar refractivity (Wildman–Crippen MR) is 102 cm³/mol. The first-order valence-corrected chi connectivity index (χ1v) is 12.1. The Morgan fingerprint density at radius 1 is 0.667 bits per heavy atom. The minimum atomic E-state index is -2.67. The summed E-state index contributed by atoms with van der Waals surface area (Å²) in [5.74, 6) is 0. The Hall–Kier alpha value is 0.0269. The van der Waals surface area contributed by atoms with Gasteiger partial charge < -0.3 is 13.3 Å². The molecule has 146 valence electrons. The van der Waals surface area contributed by atoms with Crippen molar-refractivity contribution in [2.75, 3.05) is 19.8 Å². The molecular weight excluding hydrogens is 323 g/mol. The van der Waals surface area contributed by atoms with Gasteiger partial charge in [0.15, 0.2) is 0 Å². The van der Waals surface area contributed by atoms with Gasteiger partial charge in [-0.2, -0.15) is 0 Å². The molecule has 0 saturated heterocycles. The second-order valence-corrected chi connectivity index (χ2v) is 9.11. The Labute approximate surface area is 151 Å².